The van der Waals surface area contributed by atoms with Crippen molar-refractivity contribution >= 4 is 0 Å². The fourth-order valence-electron chi connectivity index (χ4n) is 1.92. The van der Waals surface area contributed by atoms with Crippen molar-refractivity contribution in [3.63, 3.8) is 0 Å². The highest BCUT2D eigenvalue weighted by molar-refractivity contribution is 5.05. The van der Waals surface area contributed by atoms with Gasteiger partial charge in [-0.05, 0) is 19.9 Å². The van der Waals surface area contributed by atoms with E-state index >= 15 is 0 Å². The molecule has 15 heavy (non-hydrogen) atoms. The van der Waals surface area contributed by atoms with Gasteiger partial charge in [-0.15, -0.1) is 0 Å². The van der Waals surface area contributed by atoms with Gasteiger partial charge in [0.2, 0.25) is 0 Å². The van der Waals surface area contributed by atoms with Crippen LogP contribution in [0.15, 0.2) is 0 Å². The lowest BCUT2D eigenvalue weighted by Gasteiger charge is -2.29. The normalized spacial score (nSPS) is 22.7. The standard InChI is InChI=1S/C11H21N3O/c1-3-13-11(2,9-12)10-14-5-4-7-15-8-6-14/h13H,3-8,10H2,1-2H3. The average Bonchev–Trinajstić information content (AvgIpc) is 2.47. The summed E-state index contributed by atoms with van der Waals surface area (Å²) in [5.41, 5.74) is -0.431. The average molecular weight is 211 g/mol. The van der Waals surface area contributed by atoms with E-state index in [1.807, 2.05) is 13.8 Å². The summed E-state index contributed by atoms with van der Waals surface area (Å²) in [5.74, 6) is 0. The number of rotatable bonds is 4. The predicted molar refractivity (Wildman–Crippen MR) is 59.6 cm³/mol. The van der Waals surface area contributed by atoms with Crippen molar-refractivity contribution in [2.45, 2.75) is 25.8 Å². The number of nitriles is 1. The fourth-order valence-corrected chi connectivity index (χ4v) is 1.92. The second-order valence-corrected chi connectivity index (χ2v) is 4.22. The lowest BCUT2D eigenvalue weighted by molar-refractivity contribution is 0.137. The lowest BCUT2D eigenvalue weighted by atomic mass is 10.0. The molecule has 0 aromatic carbocycles. The van der Waals surface area contributed by atoms with Gasteiger partial charge < -0.3 is 4.74 Å². The highest BCUT2D eigenvalue weighted by Gasteiger charge is 2.25. The molecule has 0 amide bonds. The number of hydrogen-bond donors (Lipinski definition) is 1. The zero-order valence-corrected chi connectivity index (χ0v) is 9.75. The largest absolute Gasteiger partial charge is 0.380 e. The molecule has 1 atom stereocenters. The van der Waals surface area contributed by atoms with Gasteiger partial charge in [-0.1, -0.05) is 6.92 Å². The third kappa shape index (κ3) is 4.17. The maximum atomic E-state index is 9.15. The molecule has 1 aliphatic rings. The summed E-state index contributed by atoms with van der Waals surface area (Å²) in [7, 11) is 0. The van der Waals surface area contributed by atoms with Gasteiger partial charge in [0.1, 0.15) is 5.54 Å². The van der Waals surface area contributed by atoms with E-state index in [0.29, 0.717) is 0 Å². The summed E-state index contributed by atoms with van der Waals surface area (Å²) < 4.78 is 5.39. The molecule has 4 heteroatoms. The molecule has 1 fully saturated rings. The lowest BCUT2D eigenvalue weighted by Crippen LogP contribution is -2.50. The molecule has 0 spiro atoms. The Balaban J connectivity index is 2.46. The second-order valence-electron chi connectivity index (χ2n) is 4.22. The highest BCUT2D eigenvalue weighted by atomic mass is 16.5. The number of ether oxygens (including phenoxy) is 1. The molecule has 1 N–H and O–H groups in total. The van der Waals surface area contributed by atoms with Gasteiger partial charge in [0.05, 0.1) is 12.7 Å². The highest BCUT2D eigenvalue weighted by Crippen LogP contribution is 2.08. The fraction of sp³-hybridized carbons (Fsp3) is 0.909. The summed E-state index contributed by atoms with van der Waals surface area (Å²) in [4.78, 5) is 2.30. The molecule has 86 valence electrons. The minimum Gasteiger partial charge on any atom is -0.380 e. The molecule has 0 radical (unpaired) electrons. The molecular weight excluding hydrogens is 190 g/mol. The van der Waals surface area contributed by atoms with E-state index in [1.54, 1.807) is 0 Å². The molecule has 1 rings (SSSR count). The predicted octanol–water partition coefficient (Wildman–Crippen LogP) is 0.600. The van der Waals surface area contributed by atoms with Crippen LogP contribution in [0.25, 0.3) is 0 Å². The number of nitrogens with zero attached hydrogens (tertiary/aromatic N) is 2. The number of nitrogens with one attached hydrogen (secondary N) is 1. The molecule has 0 aromatic rings. The van der Waals surface area contributed by atoms with E-state index < -0.39 is 5.54 Å². The summed E-state index contributed by atoms with van der Waals surface area (Å²) >= 11 is 0. The molecule has 0 aliphatic carbocycles. The molecule has 4 nitrogen and oxygen atoms in total. The zero-order valence-electron chi connectivity index (χ0n) is 9.75. The Kier molecular flexibility index (Phi) is 5.03. The van der Waals surface area contributed by atoms with Crippen LogP contribution in [-0.4, -0.2) is 49.8 Å². The molecule has 1 heterocycles. The number of hydrogen-bond acceptors (Lipinski definition) is 4. The van der Waals surface area contributed by atoms with E-state index in [2.05, 4.69) is 16.3 Å². The monoisotopic (exact) mass is 211 g/mol. The van der Waals surface area contributed by atoms with Crippen molar-refractivity contribution < 1.29 is 4.74 Å². The first-order valence-corrected chi connectivity index (χ1v) is 5.66. The van der Waals surface area contributed by atoms with Crippen LogP contribution < -0.4 is 5.32 Å². The minimum atomic E-state index is -0.431. The third-order valence-electron chi connectivity index (χ3n) is 2.67. The molecule has 1 saturated heterocycles. The van der Waals surface area contributed by atoms with Crippen LogP contribution in [0.5, 0.6) is 0 Å². The Morgan fingerprint density at radius 2 is 2.27 bits per heavy atom. The molecule has 0 bridgehead atoms. The Hall–Kier alpha value is -0.630. The van der Waals surface area contributed by atoms with Gasteiger partial charge in [-0.25, -0.2) is 0 Å². The second kappa shape index (κ2) is 6.06. The van der Waals surface area contributed by atoms with Gasteiger partial charge >= 0.3 is 0 Å². The van der Waals surface area contributed by atoms with Crippen molar-refractivity contribution in [3.05, 3.63) is 0 Å². The smallest absolute Gasteiger partial charge is 0.116 e. The molecule has 1 aliphatic heterocycles. The SMILES string of the molecule is CCNC(C)(C#N)CN1CCCOCC1. The van der Waals surface area contributed by atoms with E-state index in [1.165, 1.54) is 0 Å². The Bertz CT molecular complexity index is 218. The van der Waals surface area contributed by atoms with Gasteiger partial charge in [-0.2, -0.15) is 5.26 Å². The van der Waals surface area contributed by atoms with Crippen LogP contribution in [-0.2, 0) is 4.74 Å². The van der Waals surface area contributed by atoms with Crippen LogP contribution in [0.2, 0.25) is 0 Å². The summed E-state index contributed by atoms with van der Waals surface area (Å²) in [6, 6.07) is 2.35. The van der Waals surface area contributed by atoms with Gasteiger partial charge in [0.25, 0.3) is 0 Å². The Morgan fingerprint density at radius 1 is 1.47 bits per heavy atom. The Labute approximate surface area is 92.2 Å². The van der Waals surface area contributed by atoms with Crippen LogP contribution in [0.4, 0.5) is 0 Å². The zero-order chi connectivity index (χ0) is 11.1. The van der Waals surface area contributed by atoms with Crippen molar-refractivity contribution in [2.75, 3.05) is 39.4 Å². The van der Waals surface area contributed by atoms with Crippen molar-refractivity contribution in [1.29, 1.82) is 5.26 Å². The number of likely N-dealkylation sites (N-methyl/N-ethyl adjacent to an activating group) is 1. The van der Waals surface area contributed by atoms with Gasteiger partial charge in [0, 0.05) is 26.2 Å². The first kappa shape index (κ1) is 12.4. The quantitative estimate of drug-likeness (QED) is 0.740. The summed E-state index contributed by atoms with van der Waals surface area (Å²) in [6.45, 7) is 9.19. The molecule has 0 saturated carbocycles. The third-order valence-corrected chi connectivity index (χ3v) is 2.67. The van der Waals surface area contributed by atoms with Gasteiger partial charge in [-0.3, -0.25) is 10.2 Å². The summed E-state index contributed by atoms with van der Waals surface area (Å²) in [5, 5.41) is 12.4. The maximum absolute atomic E-state index is 9.15. The van der Waals surface area contributed by atoms with Crippen molar-refractivity contribution in [2.24, 2.45) is 0 Å². The first-order valence-electron chi connectivity index (χ1n) is 5.66. The van der Waals surface area contributed by atoms with Crippen molar-refractivity contribution in [1.82, 2.24) is 10.2 Å². The summed E-state index contributed by atoms with van der Waals surface area (Å²) in [6.07, 6.45) is 1.06. The van der Waals surface area contributed by atoms with Crippen LogP contribution >= 0.6 is 0 Å². The Morgan fingerprint density at radius 3 is 2.93 bits per heavy atom. The van der Waals surface area contributed by atoms with Crippen LogP contribution in [0, 0.1) is 11.3 Å². The van der Waals surface area contributed by atoms with Crippen molar-refractivity contribution in [3.8, 4) is 6.07 Å². The van der Waals surface area contributed by atoms with E-state index in [-0.39, 0.29) is 0 Å². The topological polar surface area (TPSA) is 48.3 Å². The van der Waals surface area contributed by atoms with E-state index in [4.69, 9.17) is 10.00 Å². The first-order chi connectivity index (χ1) is 7.20. The van der Waals surface area contributed by atoms with Crippen LogP contribution in [0.3, 0.4) is 0 Å². The molecular formula is C11H21N3O. The van der Waals surface area contributed by atoms with Gasteiger partial charge in [0.15, 0.2) is 0 Å². The van der Waals surface area contributed by atoms with E-state index in [0.717, 1.165) is 45.8 Å². The molecule has 0 aromatic heterocycles. The van der Waals surface area contributed by atoms with E-state index in [9.17, 15) is 0 Å². The minimum absolute atomic E-state index is 0.431. The molecule has 1 unspecified atom stereocenters. The van der Waals surface area contributed by atoms with Crippen LogP contribution in [0.1, 0.15) is 20.3 Å². The maximum Gasteiger partial charge on any atom is 0.116 e.